The molecule has 0 radical (unpaired) electrons. The van der Waals surface area contributed by atoms with Crippen LogP contribution in [0.1, 0.15) is 31.0 Å². The van der Waals surface area contributed by atoms with Gasteiger partial charge in [-0.1, -0.05) is 13.0 Å². The zero-order valence-electron chi connectivity index (χ0n) is 20.4. The highest BCUT2D eigenvalue weighted by molar-refractivity contribution is 5.92. The smallest absolute Gasteiger partial charge is 0.246 e. The number of aryl methyl sites for hydroxylation is 1. The van der Waals surface area contributed by atoms with Gasteiger partial charge in [0.1, 0.15) is 36.5 Å². The molecule has 0 amide bonds. The van der Waals surface area contributed by atoms with Crippen molar-refractivity contribution in [3.8, 4) is 11.6 Å². The number of hydrogen-bond donors (Lipinski definition) is 3. The number of anilines is 2. The van der Waals surface area contributed by atoms with Gasteiger partial charge in [-0.05, 0) is 61.7 Å². The van der Waals surface area contributed by atoms with Crippen molar-refractivity contribution in [3.63, 3.8) is 0 Å². The van der Waals surface area contributed by atoms with E-state index in [2.05, 4.69) is 48.4 Å². The molecule has 0 saturated carbocycles. The minimum atomic E-state index is 0.181. The van der Waals surface area contributed by atoms with Crippen LogP contribution >= 0.6 is 0 Å². The number of aliphatic hydroxyl groups is 1. The standard InChI is InChI=1S/C26H31N7O3/c1-2-18-14-19(8-9-22(18)36-16-20-6-3-4-10-27-20)30-24-23-25(29-17-28-24)31-32-26(23)35-13-12-33-11-5-7-21(33)15-34/h3-4,6,8-10,14,17,21,34H,2,5,7,11-13,15-16H2,1H3,(H2,28,29,30,31,32)/t21-/m1/s1. The first-order valence-corrected chi connectivity index (χ1v) is 12.3. The normalized spacial score (nSPS) is 15.9. The number of benzene rings is 1. The summed E-state index contributed by atoms with van der Waals surface area (Å²) in [5, 5.41) is 20.9. The summed E-state index contributed by atoms with van der Waals surface area (Å²) in [6.45, 7) is 4.87. The van der Waals surface area contributed by atoms with E-state index < -0.39 is 0 Å². The molecule has 1 saturated heterocycles. The van der Waals surface area contributed by atoms with Crippen molar-refractivity contribution >= 4 is 22.5 Å². The lowest BCUT2D eigenvalue weighted by atomic mass is 10.1. The fourth-order valence-electron chi connectivity index (χ4n) is 4.53. The second-order valence-corrected chi connectivity index (χ2v) is 8.75. The maximum atomic E-state index is 9.54. The van der Waals surface area contributed by atoms with E-state index in [1.54, 1.807) is 6.20 Å². The van der Waals surface area contributed by atoms with Crippen molar-refractivity contribution < 1.29 is 14.6 Å². The van der Waals surface area contributed by atoms with Crippen LogP contribution in [0.3, 0.4) is 0 Å². The van der Waals surface area contributed by atoms with Crippen LogP contribution in [0.2, 0.25) is 0 Å². The van der Waals surface area contributed by atoms with Crippen molar-refractivity contribution in [1.82, 2.24) is 30.0 Å². The highest BCUT2D eigenvalue weighted by Gasteiger charge is 2.23. The highest BCUT2D eigenvalue weighted by Crippen LogP contribution is 2.31. The van der Waals surface area contributed by atoms with Gasteiger partial charge in [-0.15, -0.1) is 5.10 Å². The lowest BCUT2D eigenvalue weighted by Crippen LogP contribution is -2.35. The first kappa shape index (κ1) is 24.0. The van der Waals surface area contributed by atoms with Crippen molar-refractivity contribution in [2.45, 2.75) is 38.8 Å². The molecule has 3 N–H and O–H groups in total. The Hall–Kier alpha value is -3.76. The first-order chi connectivity index (χ1) is 17.7. The van der Waals surface area contributed by atoms with Crippen LogP contribution in [-0.2, 0) is 13.0 Å². The third kappa shape index (κ3) is 5.39. The molecule has 1 aliphatic rings. The molecule has 188 valence electrons. The van der Waals surface area contributed by atoms with Gasteiger partial charge in [0.05, 0.1) is 12.3 Å². The minimum absolute atomic E-state index is 0.181. The molecule has 1 aliphatic heterocycles. The van der Waals surface area contributed by atoms with Crippen molar-refractivity contribution in [3.05, 3.63) is 60.2 Å². The van der Waals surface area contributed by atoms with Gasteiger partial charge in [-0.3, -0.25) is 15.0 Å². The fraction of sp³-hybridized carbons (Fsp3) is 0.385. The summed E-state index contributed by atoms with van der Waals surface area (Å²) in [4.78, 5) is 15.3. The number of ether oxygens (including phenoxy) is 2. The number of fused-ring (bicyclic) bond motifs is 1. The number of hydrogen-bond acceptors (Lipinski definition) is 9. The summed E-state index contributed by atoms with van der Waals surface area (Å²) in [5.74, 6) is 1.90. The zero-order chi connectivity index (χ0) is 24.7. The molecular weight excluding hydrogens is 458 g/mol. The summed E-state index contributed by atoms with van der Waals surface area (Å²) in [5.41, 5.74) is 3.44. The van der Waals surface area contributed by atoms with Gasteiger partial charge in [0.25, 0.3) is 0 Å². The number of pyridine rings is 1. The van der Waals surface area contributed by atoms with Crippen LogP contribution in [0.25, 0.3) is 11.0 Å². The molecule has 0 spiro atoms. The minimum Gasteiger partial charge on any atom is -0.487 e. The predicted molar refractivity (Wildman–Crippen MR) is 137 cm³/mol. The van der Waals surface area contributed by atoms with Crippen LogP contribution in [0.15, 0.2) is 48.9 Å². The second-order valence-electron chi connectivity index (χ2n) is 8.75. The van der Waals surface area contributed by atoms with E-state index in [0.717, 1.165) is 55.0 Å². The molecule has 0 unspecified atom stereocenters. The molecule has 0 aliphatic carbocycles. The Kier molecular flexibility index (Phi) is 7.53. The average Bonchev–Trinajstić information content (AvgIpc) is 3.56. The third-order valence-electron chi connectivity index (χ3n) is 6.46. The van der Waals surface area contributed by atoms with Crippen LogP contribution in [-0.4, -0.2) is 67.5 Å². The Morgan fingerprint density at radius 3 is 2.94 bits per heavy atom. The van der Waals surface area contributed by atoms with Gasteiger partial charge in [0.15, 0.2) is 5.65 Å². The molecule has 1 aromatic carbocycles. The quantitative estimate of drug-likeness (QED) is 0.291. The Bertz CT molecular complexity index is 1280. The van der Waals surface area contributed by atoms with Gasteiger partial charge in [-0.2, -0.15) is 0 Å². The fourth-order valence-corrected chi connectivity index (χ4v) is 4.53. The molecule has 1 fully saturated rings. The molecule has 1 atom stereocenters. The number of nitrogens with one attached hydrogen (secondary N) is 2. The van der Waals surface area contributed by atoms with Crippen molar-refractivity contribution in [2.75, 3.05) is 31.6 Å². The maximum absolute atomic E-state index is 9.54. The van der Waals surface area contributed by atoms with Crippen LogP contribution in [0, 0.1) is 0 Å². The van der Waals surface area contributed by atoms with E-state index in [9.17, 15) is 5.11 Å². The molecule has 4 heterocycles. The third-order valence-corrected chi connectivity index (χ3v) is 6.46. The van der Waals surface area contributed by atoms with Gasteiger partial charge < -0.3 is 19.9 Å². The number of aliphatic hydroxyl groups excluding tert-OH is 1. The molecular formula is C26H31N7O3. The van der Waals surface area contributed by atoms with Gasteiger partial charge in [-0.25, -0.2) is 9.97 Å². The van der Waals surface area contributed by atoms with Crippen molar-refractivity contribution in [2.24, 2.45) is 0 Å². The predicted octanol–water partition coefficient (Wildman–Crippen LogP) is 3.47. The first-order valence-electron chi connectivity index (χ1n) is 12.3. The lowest BCUT2D eigenvalue weighted by molar-refractivity contribution is 0.138. The molecule has 0 bridgehead atoms. The van der Waals surface area contributed by atoms with Crippen LogP contribution in [0.4, 0.5) is 11.5 Å². The van der Waals surface area contributed by atoms with Crippen LogP contribution < -0.4 is 14.8 Å². The molecule has 4 aromatic rings. The van der Waals surface area contributed by atoms with E-state index >= 15 is 0 Å². The molecule has 5 rings (SSSR count). The molecule has 3 aromatic heterocycles. The van der Waals surface area contributed by atoms with E-state index in [1.807, 2.05) is 30.3 Å². The van der Waals surface area contributed by atoms with Gasteiger partial charge >= 0.3 is 0 Å². The second kappa shape index (κ2) is 11.3. The number of H-pyrrole nitrogens is 1. The highest BCUT2D eigenvalue weighted by atomic mass is 16.5. The van der Waals surface area contributed by atoms with Crippen LogP contribution in [0.5, 0.6) is 11.6 Å². The molecule has 10 heteroatoms. The lowest BCUT2D eigenvalue weighted by Gasteiger charge is -2.22. The Morgan fingerprint density at radius 2 is 2.11 bits per heavy atom. The number of nitrogens with zero attached hydrogens (tertiary/aromatic N) is 5. The summed E-state index contributed by atoms with van der Waals surface area (Å²) in [6, 6.07) is 12.0. The molecule has 36 heavy (non-hydrogen) atoms. The van der Waals surface area contributed by atoms with E-state index in [-0.39, 0.29) is 12.6 Å². The number of aromatic amines is 1. The number of aromatic nitrogens is 5. The largest absolute Gasteiger partial charge is 0.487 e. The number of likely N-dealkylation sites (tertiary alicyclic amines) is 1. The summed E-state index contributed by atoms with van der Waals surface area (Å²) < 4.78 is 12.0. The summed E-state index contributed by atoms with van der Waals surface area (Å²) in [6.07, 6.45) is 6.20. The van der Waals surface area contributed by atoms with E-state index in [1.165, 1.54) is 6.33 Å². The summed E-state index contributed by atoms with van der Waals surface area (Å²) >= 11 is 0. The Balaban J connectivity index is 1.29. The topological polar surface area (TPSA) is 121 Å². The Morgan fingerprint density at radius 1 is 1.17 bits per heavy atom. The maximum Gasteiger partial charge on any atom is 0.246 e. The molecule has 10 nitrogen and oxygen atoms in total. The van der Waals surface area contributed by atoms with E-state index in [4.69, 9.17) is 9.47 Å². The van der Waals surface area contributed by atoms with E-state index in [0.29, 0.717) is 35.9 Å². The average molecular weight is 490 g/mol. The SMILES string of the molecule is CCc1cc(Nc2ncnc3[nH]nc(OCCN4CCC[C@@H]4CO)c23)ccc1OCc1ccccn1. The van der Waals surface area contributed by atoms with Crippen molar-refractivity contribution in [1.29, 1.82) is 0 Å². The number of rotatable bonds is 11. The van der Waals surface area contributed by atoms with Gasteiger partial charge in [0, 0.05) is 24.5 Å². The monoisotopic (exact) mass is 489 g/mol. The van der Waals surface area contributed by atoms with Gasteiger partial charge in [0.2, 0.25) is 5.88 Å². The zero-order valence-corrected chi connectivity index (χ0v) is 20.4. The summed E-state index contributed by atoms with van der Waals surface area (Å²) in [7, 11) is 0. The Labute approximate surface area is 209 Å².